The van der Waals surface area contributed by atoms with Crippen molar-refractivity contribution in [2.24, 2.45) is 0 Å². The first kappa shape index (κ1) is 15.0. The molecule has 3 heteroatoms. The largest absolute Gasteiger partial charge is 0.310 e. The second kappa shape index (κ2) is 7.41. The molecule has 108 valence electrons. The Labute approximate surface area is 122 Å². The number of thiophene rings is 1. The summed E-state index contributed by atoms with van der Waals surface area (Å²) in [6.45, 7) is 10.2. The molecule has 0 aromatic carbocycles. The minimum absolute atomic E-state index is 0.567. The summed E-state index contributed by atoms with van der Waals surface area (Å²) in [5.74, 6) is 0. The topological polar surface area (TPSA) is 15.3 Å². The van der Waals surface area contributed by atoms with Crippen LogP contribution in [0.25, 0.3) is 0 Å². The number of hydrogen-bond acceptors (Lipinski definition) is 3. The van der Waals surface area contributed by atoms with Crippen molar-refractivity contribution in [1.82, 2.24) is 10.2 Å². The lowest BCUT2D eigenvalue weighted by atomic mass is 10.00. The number of nitrogens with zero attached hydrogens (tertiary/aromatic N) is 1. The Hall–Kier alpha value is -0.380. The third-order valence-corrected chi connectivity index (χ3v) is 5.05. The van der Waals surface area contributed by atoms with Gasteiger partial charge in [-0.1, -0.05) is 27.2 Å². The van der Waals surface area contributed by atoms with Gasteiger partial charge in [-0.25, -0.2) is 0 Å². The molecular formula is C16H28N2S. The molecule has 1 N–H and O–H groups in total. The fourth-order valence-electron chi connectivity index (χ4n) is 2.84. The van der Waals surface area contributed by atoms with Gasteiger partial charge in [0.1, 0.15) is 0 Å². The van der Waals surface area contributed by atoms with Crippen LogP contribution in [-0.4, -0.2) is 23.5 Å². The van der Waals surface area contributed by atoms with E-state index in [-0.39, 0.29) is 0 Å². The maximum absolute atomic E-state index is 3.50. The van der Waals surface area contributed by atoms with Gasteiger partial charge in [0.2, 0.25) is 0 Å². The van der Waals surface area contributed by atoms with Gasteiger partial charge in [0.15, 0.2) is 0 Å². The zero-order valence-corrected chi connectivity index (χ0v) is 13.4. The zero-order chi connectivity index (χ0) is 13.7. The normalized spacial score (nSPS) is 21.2. The van der Waals surface area contributed by atoms with E-state index < -0.39 is 0 Å². The third kappa shape index (κ3) is 4.59. The summed E-state index contributed by atoms with van der Waals surface area (Å²) in [6.07, 6.45) is 5.49. The van der Waals surface area contributed by atoms with Crippen LogP contribution in [0.2, 0.25) is 0 Å². The van der Waals surface area contributed by atoms with Gasteiger partial charge in [-0.2, -0.15) is 0 Å². The van der Waals surface area contributed by atoms with E-state index in [0.717, 1.165) is 19.1 Å². The van der Waals surface area contributed by atoms with Gasteiger partial charge in [0, 0.05) is 34.9 Å². The first-order valence-corrected chi connectivity index (χ1v) is 8.55. The van der Waals surface area contributed by atoms with Crippen molar-refractivity contribution in [2.75, 3.05) is 6.54 Å². The zero-order valence-electron chi connectivity index (χ0n) is 12.6. The molecule has 0 bridgehead atoms. The lowest BCUT2D eigenvalue weighted by Gasteiger charge is -2.34. The van der Waals surface area contributed by atoms with Gasteiger partial charge >= 0.3 is 0 Å². The van der Waals surface area contributed by atoms with Crippen LogP contribution in [0.5, 0.6) is 0 Å². The van der Waals surface area contributed by atoms with E-state index in [0.29, 0.717) is 6.04 Å². The molecule has 0 spiro atoms. The van der Waals surface area contributed by atoms with Gasteiger partial charge in [0.05, 0.1) is 0 Å². The second-order valence-corrected chi connectivity index (χ2v) is 7.18. The Morgan fingerprint density at radius 1 is 1.32 bits per heavy atom. The lowest BCUT2D eigenvalue weighted by Crippen LogP contribution is -2.38. The minimum Gasteiger partial charge on any atom is -0.310 e. The van der Waals surface area contributed by atoms with E-state index in [9.17, 15) is 0 Å². The summed E-state index contributed by atoms with van der Waals surface area (Å²) in [7, 11) is 0. The Morgan fingerprint density at radius 3 is 2.84 bits per heavy atom. The third-order valence-electron chi connectivity index (χ3n) is 3.98. The molecule has 1 fully saturated rings. The van der Waals surface area contributed by atoms with Gasteiger partial charge in [-0.15, -0.1) is 11.3 Å². The standard InChI is InChI=1S/C16H28N2S/c1-4-14-7-5-6-10-18(14)12-16-9-8-15(19-16)11-17-13(2)3/h8-9,13-14,17H,4-7,10-12H2,1-3H3. The van der Waals surface area contributed by atoms with Crippen molar-refractivity contribution < 1.29 is 0 Å². The quantitative estimate of drug-likeness (QED) is 0.847. The summed E-state index contributed by atoms with van der Waals surface area (Å²) in [5, 5.41) is 3.50. The summed E-state index contributed by atoms with van der Waals surface area (Å²) < 4.78 is 0. The molecule has 2 nitrogen and oxygen atoms in total. The van der Waals surface area contributed by atoms with Crippen molar-refractivity contribution in [1.29, 1.82) is 0 Å². The first-order valence-electron chi connectivity index (χ1n) is 7.74. The maximum atomic E-state index is 3.50. The van der Waals surface area contributed by atoms with Crippen LogP contribution in [0.15, 0.2) is 12.1 Å². The molecule has 1 unspecified atom stereocenters. The highest BCUT2D eigenvalue weighted by atomic mass is 32.1. The molecule has 19 heavy (non-hydrogen) atoms. The smallest absolute Gasteiger partial charge is 0.0330 e. The van der Waals surface area contributed by atoms with E-state index in [1.165, 1.54) is 42.0 Å². The van der Waals surface area contributed by atoms with Gasteiger partial charge in [-0.05, 0) is 37.9 Å². The molecule has 0 amide bonds. The second-order valence-electron chi connectivity index (χ2n) is 5.93. The number of hydrogen-bond donors (Lipinski definition) is 1. The molecule has 0 saturated carbocycles. The highest BCUT2D eigenvalue weighted by molar-refractivity contribution is 7.11. The van der Waals surface area contributed by atoms with Crippen molar-refractivity contribution >= 4 is 11.3 Å². The molecule has 1 aliphatic heterocycles. The fraction of sp³-hybridized carbons (Fsp3) is 0.750. The predicted octanol–water partition coefficient (Wildman–Crippen LogP) is 4.01. The number of nitrogens with one attached hydrogen (secondary N) is 1. The Balaban J connectivity index is 1.88. The molecule has 2 rings (SSSR count). The Bertz CT molecular complexity index is 373. The van der Waals surface area contributed by atoms with Crippen molar-refractivity contribution in [3.05, 3.63) is 21.9 Å². The molecule has 0 radical (unpaired) electrons. The Morgan fingerprint density at radius 2 is 2.11 bits per heavy atom. The molecule has 2 heterocycles. The predicted molar refractivity (Wildman–Crippen MR) is 84.6 cm³/mol. The molecule has 1 atom stereocenters. The summed E-state index contributed by atoms with van der Waals surface area (Å²) in [5.41, 5.74) is 0. The highest BCUT2D eigenvalue weighted by Gasteiger charge is 2.21. The molecular weight excluding hydrogens is 252 g/mol. The Kier molecular flexibility index (Phi) is 5.86. The molecule has 0 aliphatic carbocycles. The first-order chi connectivity index (χ1) is 9.19. The molecule has 1 aliphatic rings. The van der Waals surface area contributed by atoms with Gasteiger partial charge in [-0.3, -0.25) is 4.90 Å². The van der Waals surface area contributed by atoms with E-state index in [4.69, 9.17) is 0 Å². The van der Waals surface area contributed by atoms with Gasteiger partial charge in [0.25, 0.3) is 0 Å². The van der Waals surface area contributed by atoms with E-state index >= 15 is 0 Å². The van der Waals surface area contributed by atoms with Crippen LogP contribution < -0.4 is 5.32 Å². The van der Waals surface area contributed by atoms with E-state index in [1.807, 2.05) is 11.3 Å². The van der Waals surface area contributed by atoms with Crippen LogP contribution in [0.3, 0.4) is 0 Å². The minimum atomic E-state index is 0.567. The van der Waals surface area contributed by atoms with Crippen molar-refractivity contribution in [3.63, 3.8) is 0 Å². The number of rotatable bonds is 6. The average molecular weight is 280 g/mol. The van der Waals surface area contributed by atoms with Crippen LogP contribution in [-0.2, 0) is 13.1 Å². The van der Waals surface area contributed by atoms with Crippen LogP contribution in [0, 0.1) is 0 Å². The molecule has 1 aromatic heterocycles. The monoisotopic (exact) mass is 280 g/mol. The fourth-order valence-corrected chi connectivity index (χ4v) is 3.83. The van der Waals surface area contributed by atoms with Crippen LogP contribution >= 0.6 is 11.3 Å². The lowest BCUT2D eigenvalue weighted by molar-refractivity contribution is 0.137. The van der Waals surface area contributed by atoms with Crippen molar-refractivity contribution in [2.45, 2.75) is 71.6 Å². The number of likely N-dealkylation sites (tertiary alicyclic amines) is 1. The van der Waals surface area contributed by atoms with E-state index in [1.54, 1.807) is 0 Å². The van der Waals surface area contributed by atoms with Crippen LogP contribution in [0.4, 0.5) is 0 Å². The maximum Gasteiger partial charge on any atom is 0.0330 e. The average Bonchev–Trinajstić information content (AvgIpc) is 2.85. The molecule has 1 saturated heterocycles. The summed E-state index contributed by atoms with van der Waals surface area (Å²) in [4.78, 5) is 5.68. The van der Waals surface area contributed by atoms with Crippen molar-refractivity contribution in [3.8, 4) is 0 Å². The highest BCUT2D eigenvalue weighted by Crippen LogP contribution is 2.24. The molecule has 1 aromatic rings. The summed E-state index contributed by atoms with van der Waals surface area (Å²) >= 11 is 1.98. The van der Waals surface area contributed by atoms with E-state index in [2.05, 4.69) is 43.1 Å². The van der Waals surface area contributed by atoms with Gasteiger partial charge < -0.3 is 5.32 Å². The number of piperidine rings is 1. The SMILES string of the molecule is CCC1CCCCN1Cc1ccc(CNC(C)C)s1. The summed E-state index contributed by atoms with van der Waals surface area (Å²) in [6, 6.07) is 5.99. The van der Waals surface area contributed by atoms with Crippen LogP contribution in [0.1, 0.15) is 56.2 Å².